The molecular weight excluding hydrogens is 298 g/mol. The molecule has 0 atom stereocenters. The largest absolute Gasteiger partial charge is 0.374 e. The van der Waals surface area contributed by atoms with Crippen LogP contribution in [-0.4, -0.2) is 12.5 Å². The predicted molar refractivity (Wildman–Crippen MR) is 79.7 cm³/mol. The Hall–Kier alpha value is -2.14. The summed E-state index contributed by atoms with van der Waals surface area (Å²) in [7, 11) is 0. The molecular formula is C15H13ClF2N2O. The number of aryl methyl sites for hydroxylation is 1. The molecule has 0 aromatic heterocycles. The van der Waals surface area contributed by atoms with Crippen LogP contribution >= 0.6 is 11.6 Å². The lowest BCUT2D eigenvalue weighted by Crippen LogP contribution is -2.22. The summed E-state index contributed by atoms with van der Waals surface area (Å²) in [5.74, 6) is -1.35. The van der Waals surface area contributed by atoms with Crippen LogP contribution < -0.4 is 10.6 Å². The Morgan fingerprint density at radius 1 is 1.14 bits per heavy atom. The average Bonchev–Trinajstić information content (AvgIpc) is 2.42. The van der Waals surface area contributed by atoms with Crippen molar-refractivity contribution in [2.75, 3.05) is 17.2 Å². The van der Waals surface area contributed by atoms with Crippen molar-refractivity contribution < 1.29 is 13.6 Å². The minimum absolute atomic E-state index is 0.145. The highest BCUT2D eigenvalue weighted by molar-refractivity contribution is 6.30. The van der Waals surface area contributed by atoms with E-state index in [2.05, 4.69) is 10.6 Å². The number of carbonyl (C=O) groups is 1. The number of halogens is 3. The molecule has 0 saturated carbocycles. The first kappa shape index (κ1) is 15.3. The Morgan fingerprint density at radius 3 is 2.57 bits per heavy atom. The molecule has 0 spiro atoms. The van der Waals surface area contributed by atoms with Gasteiger partial charge in [0.15, 0.2) is 0 Å². The van der Waals surface area contributed by atoms with Gasteiger partial charge >= 0.3 is 0 Å². The molecule has 0 fully saturated rings. The summed E-state index contributed by atoms with van der Waals surface area (Å²) < 4.78 is 26.8. The third-order valence-corrected chi connectivity index (χ3v) is 3.06. The third-order valence-electron chi connectivity index (χ3n) is 2.83. The molecule has 0 heterocycles. The van der Waals surface area contributed by atoms with Gasteiger partial charge < -0.3 is 10.6 Å². The van der Waals surface area contributed by atoms with E-state index in [-0.39, 0.29) is 17.3 Å². The van der Waals surface area contributed by atoms with Crippen LogP contribution in [-0.2, 0) is 4.79 Å². The Morgan fingerprint density at radius 2 is 1.90 bits per heavy atom. The second kappa shape index (κ2) is 6.54. The van der Waals surface area contributed by atoms with Crippen molar-refractivity contribution in [3.05, 3.63) is 58.6 Å². The van der Waals surface area contributed by atoms with Crippen LogP contribution in [0, 0.1) is 18.6 Å². The van der Waals surface area contributed by atoms with Crippen LogP contribution in [0.5, 0.6) is 0 Å². The molecule has 2 aromatic rings. The molecule has 0 aliphatic rings. The van der Waals surface area contributed by atoms with Gasteiger partial charge in [-0.05, 0) is 42.8 Å². The fourth-order valence-electron chi connectivity index (χ4n) is 1.68. The van der Waals surface area contributed by atoms with Gasteiger partial charge in [0.05, 0.1) is 12.2 Å². The fraction of sp³-hybridized carbons (Fsp3) is 0.133. The van der Waals surface area contributed by atoms with Crippen LogP contribution in [0.25, 0.3) is 0 Å². The van der Waals surface area contributed by atoms with Gasteiger partial charge in [-0.25, -0.2) is 8.78 Å². The molecule has 0 saturated heterocycles. The fourth-order valence-corrected chi connectivity index (χ4v) is 1.84. The van der Waals surface area contributed by atoms with Crippen molar-refractivity contribution >= 4 is 28.9 Å². The monoisotopic (exact) mass is 310 g/mol. The van der Waals surface area contributed by atoms with Gasteiger partial charge in [-0.15, -0.1) is 0 Å². The molecule has 2 aromatic carbocycles. The first-order valence-corrected chi connectivity index (χ1v) is 6.58. The van der Waals surface area contributed by atoms with E-state index in [1.165, 1.54) is 18.2 Å². The number of benzene rings is 2. The Balaban J connectivity index is 1.94. The molecule has 2 N–H and O–H groups in total. The standard InChI is InChI=1S/C15H13ClF2N2O/c1-9-2-4-11(7-12(9)17)20-15(21)8-19-14-5-3-10(16)6-13(14)18/h2-7,19H,8H2,1H3,(H,20,21). The van der Waals surface area contributed by atoms with Gasteiger partial charge in [0.25, 0.3) is 0 Å². The Labute approximate surface area is 125 Å². The number of nitrogens with one attached hydrogen (secondary N) is 2. The lowest BCUT2D eigenvalue weighted by atomic mass is 10.2. The summed E-state index contributed by atoms with van der Waals surface area (Å²) >= 11 is 5.63. The van der Waals surface area contributed by atoms with Gasteiger partial charge in [-0.1, -0.05) is 17.7 Å². The molecule has 6 heteroatoms. The van der Waals surface area contributed by atoms with Crippen molar-refractivity contribution in [2.45, 2.75) is 6.92 Å². The van der Waals surface area contributed by atoms with Gasteiger partial charge in [0, 0.05) is 10.7 Å². The summed E-state index contributed by atoms with van der Waals surface area (Å²) in [6.07, 6.45) is 0. The smallest absolute Gasteiger partial charge is 0.243 e. The molecule has 1 amide bonds. The lowest BCUT2D eigenvalue weighted by molar-refractivity contribution is -0.114. The van der Waals surface area contributed by atoms with Crippen LogP contribution in [0.4, 0.5) is 20.2 Å². The summed E-state index contributed by atoms with van der Waals surface area (Å²) in [6.45, 7) is 1.49. The molecule has 110 valence electrons. The number of rotatable bonds is 4. The summed E-state index contributed by atoms with van der Waals surface area (Å²) in [5, 5.41) is 5.44. The van der Waals surface area contributed by atoms with Crippen LogP contribution in [0.1, 0.15) is 5.56 Å². The topological polar surface area (TPSA) is 41.1 Å². The summed E-state index contributed by atoms with van der Waals surface area (Å²) in [5.41, 5.74) is 1.01. The zero-order valence-electron chi connectivity index (χ0n) is 11.2. The van der Waals surface area contributed by atoms with E-state index in [0.717, 1.165) is 6.07 Å². The molecule has 0 aliphatic carbocycles. The SMILES string of the molecule is Cc1ccc(NC(=O)CNc2ccc(Cl)cc2F)cc1F. The maximum Gasteiger partial charge on any atom is 0.243 e. The van der Waals surface area contributed by atoms with E-state index in [0.29, 0.717) is 11.3 Å². The minimum atomic E-state index is -0.545. The zero-order chi connectivity index (χ0) is 15.4. The number of hydrogen-bond acceptors (Lipinski definition) is 2. The Bertz CT molecular complexity index is 677. The van der Waals surface area contributed by atoms with Gasteiger partial charge in [-0.2, -0.15) is 0 Å². The molecule has 3 nitrogen and oxygen atoms in total. The van der Waals surface area contributed by atoms with Crippen molar-refractivity contribution in [2.24, 2.45) is 0 Å². The molecule has 21 heavy (non-hydrogen) atoms. The number of amides is 1. The summed E-state index contributed by atoms with van der Waals surface area (Å²) in [6, 6.07) is 8.50. The van der Waals surface area contributed by atoms with E-state index >= 15 is 0 Å². The van der Waals surface area contributed by atoms with Crippen molar-refractivity contribution in [3.63, 3.8) is 0 Å². The number of anilines is 2. The molecule has 0 aliphatic heterocycles. The van der Waals surface area contributed by atoms with Crippen LogP contribution in [0.2, 0.25) is 5.02 Å². The van der Waals surface area contributed by atoms with E-state index in [9.17, 15) is 13.6 Å². The zero-order valence-corrected chi connectivity index (χ0v) is 12.0. The van der Waals surface area contributed by atoms with Crippen LogP contribution in [0.3, 0.4) is 0 Å². The van der Waals surface area contributed by atoms with Gasteiger partial charge in [0.1, 0.15) is 11.6 Å². The average molecular weight is 311 g/mol. The molecule has 0 bridgehead atoms. The minimum Gasteiger partial charge on any atom is -0.374 e. The van der Waals surface area contributed by atoms with Crippen LogP contribution in [0.15, 0.2) is 36.4 Å². The van der Waals surface area contributed by atoms with E-state index in [1.807, 2.05) is 0 Å². The van der Waals surface area contributed by atoms with Gasteiger partial charge in [0.2, 0.25) is 5.91 Å². The number of hydrogen-bond donors (Lipinski definition) is 2. The highest BCUT2D eigenvalue weighted by Gasteiger charge is 2.07. The second-order valence-electron chi connectivity index (χ2n) is 4.49. The van der Waals surface area contributed by atoms with Crippen molar-refractivity contribution in [3.8, 4) is 0 Å². The second-order valence-corrected chi connectivity index (χ2v) is 4.93. The predicted octanol–water partition coefficient (Wildman–Crippen LogP) is 3.98. The molecule has 2 rings (SSSR count). The normalized spacial score (nSPS) is 10.3. The third kappa shape index (κ3) is 4.16. The van der Waals surface area contributed by atoms with E-state index < -0.39 is 17.5 Å². The first-order chi connectivity index (χ1) is 9.95. The highest BCUT2D eigenvalue weighted by atomic mass is 35.5. The molecule has 0 radical (unpaired) electrons. The van der Waals surface area contributed by atoms with Gasteiger partial charge in [-0.3, -0.25) is 4.79 Å². The van der Waals surface area contributed by atoms with Crippen molar-refractivity contribution in [1.82, 2.24) is 0 Å². The highest BCUT2D eigenvalue weighted by Crippen LogP contribution is 2.18. The maximum absolute atomic E-state index is 13.5. The molecule has 0 unspecified atom stereocenters. The summed E-state index contributed by atoms with van der Waals surface area (Å²) in [4.78, 5) is 11.7. The first-order valence-electron chi connectivity index (χ1n) is 6.20. The van der Waals surface area contributed by atoms with Crippen molar-refractivity contribution in [1.29, 1.82) is 0 Å². The van der Waals surface area contributed by atoms with E-state index in [4.69, 9.17) is 11.6 Å². The Kier molecular flexibility index (Phi) is 4.75. The quantitative estimate of drug-likeness (QED) is 0.897. The maximum atomic E-state index is 13.5. The number of carbonyl (C=O) groups excluding carboxylic acids is 1. The van der Waals surface area contributed by atoms with E-state index in [1.54, 1.807) is 19.1 Å². The lowest BCUT2D eigenvalue weighted by Gasteiger charge is -2.09.